The van der Waals surface area contributed by atoms with Crippen LogP contribution in [0.15, 0.2) is 36.4 Å². The van der Waals surface area contributed by atoms with E-state index in [1.807, 2.05) is 30.3 Å². The first kappa shape index (κ1) is 18.6. The summed E-state index contributed by atoms with van der Waals surface area (Å²) < 4.78 is 16.1. The number of nitrogens with zero attached hydrogens (tertiary/aromatic N) is 1. The average molecular weight is 383 g/mol. The molecule has 0 N–H and O–H groups in total. The van der Waals surface area contributed by atoms with Crippen LogP contribution in [0.3, 0.4) is 0 Å². The zero-order chi connectivity index (χ0) is 19.9. The van der Waals surface area contributed by atoms with Crippen LogP contribution in [0, 0.1) is 5.92 Å². The number of rotatable bonds is 5. The maximum Gasteiger partial charge on any atom is 0.314 e. The number of esters is 1. The number of imide groups is 1. The number of ether oxygens (including phenoxy) is 3. The zero-order valence-corrected chi connectivity index (χ0v) is 15.8. The fourth-order valence-corrected chi connectivity index (χ4v) is 3.98. The second kappa shape index (κ2) is 7.00. The maximum atomic E-state index is 13.0. The lowest BCUT2D eigenvalue weighted by atomic mass is 9.95. The van der Waals surface area contributed by atoms with Gasteiger partial charge in [-0.3, -0.25) is 19.3 Å². The summed E-state index contributed by atoms with van der Waals surface area (Å²) in [5.41, 5.74) is 0.801. The molecule has 2 aromatic carbocycles. The van der Waals surface area contributed by atoms with Crippen molar-refractivity contribution in [3.63, 3.8) is 0 Å². The molecule has 7 nitrogen and oxygen atoms in total. The highest BCUT2D eigenvalue weighted by molar-refractivity contribution is 6.26. The van der Waals surface area contributed by atoms with E-state index in [9.17, 15) is 14.4 Å². The number of hydrogen-bond acceptors (Lipinski definition) is 6. The van der Waals surface area contributed by atoms with E-state index in [2.05, 4.69) is 0 Å². The molecule has 7 heteroatoms. The van der Waals surface area contributed by atoms with Crippen molar-refractivity contribution in [1.29, 1.82) is 0 Å². The summed E-state index contributed by atoms with van der Waals surface area (Å²) in [4.78, 5) is 39.3. The number of hydrogen-bond donors (Lipinski definition) is 0. The largest absolute Gasteiger partial charge is 0.469 e. The van der Waals surface area contributed by atoms with Crippen molar-refractivity contribution in [1.82, 2.24) is 4.90 Å². The summed E-state index contributed by atoms with van der Waals surface area (Å²) in [6, 6.07) is 11.0. The third-order valence-corrected chi connectivity index (χ3v) is 5.48. The molecule has 2 amide bonds. The monoisotopic (exact) mass is 383 g/mol. The van der Waals surface area contributed by atoms with Gasteiger partial charge in [0.05, 0.1) is 31.5 Å². The lowest BCUT2D eigenvalue weighted by Crippen LogP contribution is -2.44. The predicted molar refractivity (Wildman–Crippen MR) is 99.7 cm³/mol. The molecule has 2 aliphatic rings. The Kier molecular flexibility index (Phi) is 4.64. The van der Waals surface area contributed by atoms with Gasteiger partial charge in [-0.2, -0.15) is 0 Å². The standard InChI is InChI=1S/C21H21NO6/c1-21(27-11-12-28-21)16(20(25)26-2)9-10-22-18(23)15-8-7-13-5-3-4-6-14(13)17(15)19(22)24/h3-8,16H,9-12H2,1-2H3. The molecule has 2 aliphatic heterocycles. The van der Waals surface area contributed by atoms with Gasteiger partial charge in [0.2, 0.25) is 0 Å². The molecule has 2 heterocycles. The molecule has 2 aromatic rings. The summed E-state index contributed by atoms with van der Waals surface area (Å²) >= 11 is 0. The van der Waals surface area contributed by atoms with Crippen LogP contribution >= 0.6 is 0 Å². The molecule has 0 saturated carbocycles. The molecular formula is C21H21NO6. The number of carbonyl (C=O) groups is 3. The van der Waals surface area contributed by atoms with Gasteiger partial charge in [-0.1, -0.05) is 30.3 Å². The van der Waals surface area contributed by atoms with Crippen LogP contribution in [0.1, 0.15) is 34.1 Å². The van der Waals surface area contributed by atoms with Crippen LogP contribution in [0.5, 0.6) is 0 Å². The SMILES string of the molecule is COC(=O)C(CCN1C(=O)c2ccc3ccccc3c2C1=O)C1(C)OCCO1. The Morgan fingerprint density at radius 1 is 1.14 bits per heavy atom. The van der Waals surface area contributed by atoms with Crippen molar-refractivity contribution in [2.24, 2.45) is 5.92 Å². The summed E-state index contributed by atoms with van der Waals surface area (Å²) in [6.07, 6.45) is 0.187. The molecule has 146 valence electrons. The van der Waals surface area contributed by atoms with Crippen LogP contribution < -0.4 is 0 Å². The number of benzene rings is 2. The Hall–Kier alpha value is -2.77. The number of carbonyl (C=O) groups excluding carboxylic acids is 3. The van der Waals surface area contributed by atoms with Gasteiger partial charge >= 0.3 is 5.97 Å². The van der Waals surface area contributed by atoms with E-state index in [-0.39, 0.29) is 24.8 Å². The van der Waals surface area contributed by atoms with Gasteiger partial charge in [0.25, 0.3) is 11.8 Å². The molecule has 0 aromatic heterocycles. The number of methoxy groups -OCH3 is 1. The Balaban J connectivity index is 1.60. The van der Waals surface area contributed by atoms with Crippen molar-refractivity contribution in [3.8, 4) is 0 Å². The molecular weight excluding hydrogens is 362 g/mol. The van der Waals surface area contributed by atoms with Crippen molar-refractivity contribution in [3.05, 3.63) is 47.5 Å². The zero-order valence-electron chi connectivity index (χ0n) is 15.8. The fraction of sp³-hybridized carbons (Fsp3) is 0.381. The van der Waals surface area contributed by atoms with Crippen molar-refractivity contribution in [2.45, 2.75) is 19.1 Å². The van der Waals surface area contributed by atoms with Gasteiger partial charge in [0, 0.05) is 6.54 Å². The molecule has 28 heavy (non-hydrogen) atoms. The van der Waals surface area contributed by atoms with E-state index in [0.29, 0.717) is 24.3 Å². The first-order chi connectivity index (χ1) is 13.5. The minimum Gasteiger partial charge on any atom is -0.469 e. The topological polar surface area (TPSA) is 82.1 Å². The minimum atomic E-state index is -1.13. The van der Waals surface area contributed by atoms with E-state index in [1.165, 1.54) is 12.0 Å². The first-order valence-electron chi connectivity index (χ1n) is 9.20. The van der Waals surface area contributed by atoms with Crippen molar-refractivity contribution in [2.75, 3.05) is 26.9 Å². The summed E-state index contributed by atoms with van der Waals surface area (Å²) in [7, 11) is 1.29. The van der Waals surface area contributed by atoms with E-state index >= 15 is 0 Å². The molecule has 1 saturated heterocycles. The van der Waals surface area contributed by atoms with Gasteiger partial charge in [0.15, 0.2) is 5.79 Å². The van der Waals surface area contributed by atoms with Gasteiger partial charge in [-0.25, -0.2) is 0 Å². The van der Waals surface area contributed by atoms with Gasteiger partial charge in [-0.15, -0.1) is 0 Å². The average Bonchev–Trinajstić information content (AvgIpc) is 3.25. The Morgan fingerprint density at radius 3 is 2.57 bits per heavy atom. The third kappa shape index (κ3) is 2.87. The molecule has 1 unspecified atom stereocenters. The Morgan fingerprint density at radius 2 is 1.86 bits per heavy atom. The van der Waals surface area contributed by atoms with Crippen LogP contribution in [0.2, 0.25) is 0 Å². The Labute approximate surface area is 162 Å². The van der Waals surface area contributed by atoms with E-state index in [4.69, 9.17) is 14.2 Å². The third-order valence-electron chi connectivity index (χ3n) is 5.48. The lowest BCUT2D eigenvalue weighted by molar-refractivity contribution is -0.200. The summed E-state index contributed by atoms with van der Waals surface area (Å²) in [6.45, 7) is 2.51. The highest BCUT2D eigenvalue weighted by Gasteiger charge is 2.46. The molecule has 1 fully saturated rings. The summed E-state index contributed by atoms with van der Waals surface area (Å²) in [5.74, 6) is -3.07. The summed E-state index contributed by atoms with van der Waals surface area (Å²) in [5, 5.41) is 1.65. The van der Waals surface area contributed by atoms with E-state index < -0.39 is 17.7 Å². The van der Waals surface area contributed by atoms with Gasteiger partial charge in [0.1, 0.15) is 5.92 Å². The second-order valence-corrected chi connectivity index (χ2v) is 7.05. The number of fused-ring (bicyclic) bond motifs is 3. The molecule has 1 atom stereocenters. The normalized spacial score (nSPS) is 19.1. The second-order valence-electron chi connectivity index (χ2n) is 7.05. The lowest BCUT2D eigenvalue weighted by Gasteiger charge is -2.31. The molecule has 0 spiro atoms. The highest BCUT2D eigenvalue weighted by Crippen LogP contribution is 2.34. The number of amides is 2. The van der Waals surface area contributed by atoms with Crippen LogP contribution in [0.25, 0.3) is 10.8 Å². The first-order valence-corrected chi connectivity index (χ1v) is 9.20. The minimum absolute atomic E-state index is 0.0722. The highest BCUT2D eigenvalue weighted by atomic mass is 16.7. The molecule has 0 radical (unpaired) electrons. The van der Waals surface area contributed by atoms with E-state index in [1.54, 1.807) is 13.0 Å². The molecule has 0 aliphatic carbocycles. The van der Waals surface area contributed by atoms with Gasteiger partial charge in [-0.05, 0) is 30.2 Å². The van der Waals surface area contributed by atoms with Crippen molar-refractivity contribution < 1.29 is 28.6 Å². The molecule has 4 rings (SSSR count). The van der Waals surface area contributed by atoms with Crippen LogP contribution in [-0.2, 0) is 19.0 Å². The fourth-order valence-electron chi connectivity index (χ4n) is 3.98. The van der Waals surface area contributed by atoms with Crippen LogP contribution in [0.4, 0.5) is 0 Å². The van der Waals surface area contributed by atoms with Crippen molar-refractivity contribution >= 4 is 28.6 Å². The quantitative estimate of drug-likeness (QED) is 0.582. The smallest absolute Gasteiger partial charge is 0.314 e. The predicted octanol–water partition coefficient (Wildman–Crippen LogP) is 2.38. The molecule has 0 bridgehead atoms. The van der Waals surface area contributed by atoms with Gasteiger partial charge < -0.3 is 14.2 Å². The maximum absolute atomic E-state index is 13.0. The van der Waals surface area contributed by atoms with Crippen LogP contribution in [-0.4, -0.2) is 55.3 Å². The Bertz CT molecular complexity index is 963. The van der Waals surface area contributed by atoms with E-state index in [0.717, 1.165) is 10.8 Å².